The van der Waals surface area contributed by atoms with Crippen molar-refractivity contribution in [2.75, 3.05) is 18.0 Å². The summed E-state index contributed by atoms with van der Waals surface area (Å²) < 4.78 is 0. The average Bonchev–Trinajstić information content (AvgIpc) is 2.41. The van der Waals surface area contributed by atoms with Crippen LogP contribution in [-0.2, 0) is 6.42 Å². The molecule has 0 radical (unpaired) electrons. The quantitative estimate of drug-likeness (QED) is 0.877. The first-order chi connectivity index (χ1) is 8.74. The van der Waals surface area contributed by atoms with Gasteiger partial charge in [0.15, 0.2) is 0 Å². The van der Waals surface area contributed by atoms with Crippen LogP contribution >= 0.6 is 0 Å². The minimum Gasteiger partial charge on any atom is -0.366 e. The Kier molecular flexibility index (Phi) is 4.65. The first-order valence-electron chi connectivity index (χ1n) is 7.33. The van der Waals surface area contributed by atoms with Gasteiger partial charge in [0.1, 0.15) is 0 Å². The summed E-state index contributed by atoms with van der Waals surface area (Å²) in [5, 5.41) is 3.61. The molecule has 1 fully saturated rings. The van der Waals surface area contributed by atoms with E-state index in [0.717, 1.165) is 13.1 Å². The van der Waals surface area contributed by atoms with Gasteiger partial charge < -0.3 is 10.2 Å². The molecule has 0 saturated carbocycles. The minimum atomic E-state index is 0.588. The van der Waals surface area contributed by atoms with E-state index < -0.39 is 0 Å². The lowest BCUT2D eigenvalue weighted by atomic mass is 10.1. The largest absolute Gasteiger partial charge is 0.366 e. The van der Waals surface area contributed by atoms with Crippen molar-refractivity contribution in [1.29, 1.82) is 0 Å². The molecular formula is C16H26N2. The first kappa shape index (κ1) is 13.4. The number of piperazine rings is 1. The summed E-state index contributed by atoms with van der Waals surface area (Å²) in [6.07, 6.45) is 3.62. The highest BCUT2D eigenvalue weighted by Crippen LogP contribution is 2.21. The highest BCUT2D eigenvalue weighted by atomic mass is 15.2. The van der Waals surface area contributed by atoms with Gasteiger partial charge in [0, 0.05) is 30.9 Å². The van der Waals surface area contributed by atoms with E-state index in [2.05, 4.69) is 55.3 Å². The van der Waals surface area contributed by atoms with Gasteiger partial charge in [-0.2, -0.15) is 0 Å². The van der Waals surface area contributed by atoms with E-state index in [1.807, 2.05) is 0 Å². The van der Waals surface area contributed by atoms with E-state index in [-0.39, 0.29) is 0 Å². The Morgan fingerprint density at radius 1 is 1.22 bits per heavy atom. The molecule has 2 heteroatoms. The molecule has 100 valence electrons. The maximum Gasteiger partial charge on any atom is 0.0387 e. The summed E-state index contributed by atoms with van der Waals surface area (Å²) in [4.78, 5) is 2.54. The number of benzene rings is 1. The number of anilines is 1. The monoisotopic (exact) mass is 246 g/mol. The SMILES string of the molecule is CCCc1ccc(N2CC(CC)NCC2C)cc1. The number of hydrogen-bond acceptors (Lipinski definition) is 2. The lowest BCUT2D eigenvalue weighted by Gasteiger charge is -2.40. The molecule has 0 aromatic heterocycles. The molecule has 0 spiro atoms. The molecule has 0 amide bonds. The molecule has 1 saturated heterocycles. The highest BCUT2D eigenvalue weighted by Gasteiger charge is 2.23. The summed E-state index contributed by atoms with van der Waals surface area (Å²) in [5.41, 5.74) is 2.83. The molecule has 2 atom stereocenters. The van der Waals surface area contributed by atoms with Crippen molar-refractivity contribution >= 4 is 5.69 Å². The van der Waals surface area contributed by atoms with Gasteiger partial charge in [-0.05, 0) is 37.5 Å². The molecule has 2 unspecified atom stereocenters. The molecule has 1 aliphatic heterocycles. The second kappa shape index (κ2) is 6.24. The summed E-state index contributed by atoms with van der Waals surface area (Å²) in [6.45, 7) is 9.02. The summed E-state index contributed by atoms with van der Waals surface area (Å²) >= 11 is 0. The van der Waals surface area contributed by atoms with Crippen molar-refractivity contribution in [3.63, 3.8) is 0 Å². The van der Waals surface area contributed by atoms with Crippen LogP contribution in [0.25, 0.3) is 0 Å². The Morgan fingerprint density at radius 2 is 1.94 bits per heavy atom. The van der Waals surface area contributed by atoms with Gasteiger partial charge in [0.05, 0.1) is 0 Å². The molecule has 2 nitrogen and oxygen atoms in total. The fourth-order valence-corrected chi connectivity index (χ4v) is 2.71. The number of aryl methyl sites for hydroxylation is 1. The van der Waals surface area contributed by atoms with E-state index in [1.54, 1.807) is 0 Å². The lowest BCUT2D eigenvalue weighted by molar-refractivity contribution is 0.397. The van der Waals surface area contributed by atoms with Gasteiger partial charge in [-0.3, -0.25) is 0 Å². The highest BCUT2D eigenvalue weighted by molar-refractivity contribution is 5.49. The smallest absolute Gasteiger partial charge is 0.0387 e. The zero-order valence-electron chi connectivity index (χ0n) is 11.9. The van der Waals surface area contributed by atoms with Crippen molar-refractivity contribution in [2.45, 2.75) is 52.1 Å². The molecule has 18 heavy (non-hydrogen) atoms. The second-order valence-corrected chi connectivity index (χ2v) is 5.43. The van der Waals surface area contributed by atoms with E-state index in [9.17, 15) is 0 Å². The van der Waals surface area contributed by atoms with Gasteiger partial charge >= 0.3 is 0 Å². The third kappa shape index (κ3) is 3.05. The molecule has 2 rings (SSSR count). The standard InChI is InChI=1S/C16H26N2/c1-4-6-14-7-9-16(10-8-14)18-12-15(5-2)17-11-13(18)3/h7-10,13,15,17H,4-6,11-12H2,1-3H3. The second-order valence-electron chi connectivity index (χ2n) is 5.43. The van der Waals surface area contributed by atoms with Gasteiger partial charge in [-0.1, -0.05) is 32.4 Å². The summed E-state index contributed by atoms with van der Waals surface area (Å²) in [7, 11) is 0. The normalized spacial score (nSPS) is 24.3. The molecule has 1 aromatic carbocycles. The molecule has 1 N–H and O–H groups in total. The number of rotatable bonds is 4. The van der Waals surface area contributed by atoms with Crippen LogP contribution in [0.3, 0.4) is 0 Å². The van der Waals surface area contributed by atoms with Crippen LogP contribution < -0.4 is 10.2 Å². The van der Waals surface area contributed by atoms with Gasteiger partial charge in [0.2, 0.25) is 0 Å². The lowest BCUT2D eigenvalue weighted by Crippen LogP contribution is -2.55. The van der Waals surface area contributed by atoms with Crippen LogP contribution in [0.1, 0.15) is 39.2 Å². The zero-order valence-corrected chi connectivity index (χ0v) is 11.9. The van der Waals surface area contributed by atoms with Gasteiger partial charge in [-0.15, -0.1) is 0 Å². The van der Waals surface area contributed by atoms with Crippen LogP contribution in [0.2, 0.25) is 0 Å². The first-order valence-corrected chi connectivity index (χ1v) is 7.33. The molecule has 1 aromatic rings. The minimum absolute atomic E-state index is 0.588. The molecule has 0 bridgehead atoms. The third-order valence-corrected chi connectivity index (χ3v) is 3.95. The van der Waals surface area contributed by atoms with Gasteiger partial charge in [-0.25, -0.2) is 0 Å². The van der Waals surface area contributed by atoms with Crippen molar-refractivity contribution < 1.29 is 0 Å². The summed E-state index contributed by atoms with van der Waals surface area (Å²) in [5.74, 6) is 0. The van der Waals surface area contributed by atoms with Crippen molar-refractivity contribution in [1.82, 2.24) is 5.32 Å². The zero-order chi connectivity index (χ0) is 13.0. The average molecular weight is 246 g/mol. The van der Waals surface area contributed by atoms with E-state index in [1.165, 1.54) is 30.5 Å². The van der Waals surface area contributed by atoms with Crippen molar-refractivity contribution in [2.24, 2.45) is 0 Å². The van der Waals surface area contributed by atoms with E-state index in [4.69, 9.17) is 0 Å². The molecule has 1 heterocycles. The fraction of sp³-hybridized carbons (Fsp3) is 0.625. The van der Waals surface area contributed by atoms with Crippen molar-refractivity contribution in [3.8, 4) is 0 Å². The fourth-order valence-electron chi connectivity index (χ4n) is 2.71. The van der Waals surface area contributed by atoms with Crippen molar-refractivity contribution in [3.05, 3.63) is 29.8 Å². The topological polar surface area (TPSA) is 15.3 Å². The Labute approximate surface area is 111 Å². The van der Waals surface area contributed by atoms with Crippen LogP contribution in [0.15, 0.2) is 24.3 Å². The Morgan fingerprint density at radius 3 is 2.56 bits per heavy atom. The Bertz CT molecular complexity index is 358. The number of nitrogens with zero attached hydrogens (tertiary/aromatic N) is 1. The predicted octanol–water partition coefficient (Wildman–Crippen LogP) is 3.22. The molecular weight excluding hydrogens is 220 g/mol. The third-order valence-electron chi connectivity index (χ3n) is 3.95. The van der Waals surface area contributed by atoms with Gasteiger partial charge in [0.25, 0.3) is 0 Å². The number of nitrogens with one attached hydrogen (secondary N) is 1. The Balaban J connectivity index is 2.08. The Hall–Kier alpha value is -1.02. The number of hydrogen-bond donors (Lipinski definition) is 1. The van der Waals surface area contributed by atoms with E-state index in [0.29, 0.717) is 12.1 Å². The van der Waals surface area contributed by atoms with E-state index >= 15 is 0 Å². The predicted molar refractivity (Wildman–Crippen MR) is 79.3 cm³/mol. The molecule has 1 aliphatic rings. The van der Waals surface area contributed by atoms with Crippen LogP contribution in [0, 0.1) is 0 Å². The van der Waals surface area contributed by atoms with Crippen LogP contribution in [0.4, 0.5) is 5.69 Å². The van der Waals surface area contributed by atoms with Crippen LogP contribution in [-0.4, -0.2) is 25.2 Å². The maximum atomic E-state index is 3.61. The maximum absolute atomic E-state index is 3.61. The van der Waals surface area contributed by atoms with Crippen LogP contribution in [0.5, 0.6) is 0 Å². The molecule has 0 aliphatic carbocycles. The summed E-state index contributed by atoms with van der Waals surface area (Å²) in [6, 6.07) is 10.4.